The lowest BCUT2D eigenvalue weighted by molar-refractivity contribution is 0.266. The van der Waals surface area contributed by atoms with E-state index in [4.69, 9.17) is 9.40 Å². The Kier molecular flexibility index (Phi) is 3.22. The molecule has 1 aliphatic heterocycles. The molecule has 5 nitrogen and oxygen atoms in total. The quantitative estimate of drug-likeness (QED) is 0.743. The standard InChI is InChI=1S/C17H20N4O/c1-12(2)20-9-7-13(11-20)21-16-14(5-3-8-18-16)19-17(21)15-6-4-10-22-15/h3-6,8,10,12-13H,7,9,11H2,1-2H3. The number of imidazole rings is 1. The summed E-state index contributed by atoms with van der Waals surface area (Å²) in [6.45, 7) is 6.65. The highest BCUT2D eigenvalue weighted by atomic mass is 16.3. The minimum absolute atomic E-state index is 0.391. The fraction of sp³-hybridized carbons (Fsp3) is 0.412. The third-order valence-electron chi connectivity index (χ3n) is 4.48. The maximum absolute atomic E-state index is 5.60. The fourth-order valence-electron chi connectivity index (χ4n) is 3.30. The first-order chi connectivity index (χ1) is 10.7. The Hall–Kier alpha value is -2.14. The van der Waals surface area contributed by atoms with Gasteiger partial charge in [0.1, 0.15) is 5.52 Å². The second kappa shape index (κ2) is 5.25. The lowest BCUT2D eigenvalue weighted by Gasteiger charge is -2.21. The number of aromatic nitrogens is 3. The van der Waals surface area contributed by atoms with Crippen LogP contribution in [0.25, 0.3) is 22.7 Å². The van der Waals surface area contributed by atoms with Crippen LogP contribution in [0.3, 0.4) is 0 Å². The average Bonchev–Trinajstić information content (AvgIpc) is 3.25. The van der Waals surface area contributed by atoms with Crippen LogP contribution in [0, 0.1) is 0 Å². The third kappa shape index (κ3) is 2.13. The zero-order chi connectivity index (χ0) is 15.1. The normalized spacial score (nSPS) is 19.5. The molecule has 0 amide bonds. The van der Waals surface area contributed by atoms with E-state index in [0.717, 1.165) is 42.3 Å². The van der Waals surface area contributed by atoms with Crippen LogP contribution in [0.2, 0.25) is 0 Å². The van der Waals surface area contributed by atoms with Gasteiger partial charge in [0.15, 0.2) is 17.2 Å². The minimum Gasteiger partial charge on any atom is -0.461 e. The van der Waals surface area contributed by atoms with Gasteiger partial charge in [-0.15, -0.1) is 0 Å². The van der Waals surface area contributed by atoms with Crippen LogP contribution in [-0.2, 0) is 0 Å². The van der Waals surface area contributed by atoms with Crippen LogP contribution in [0.1, 0.15) is 26.3 Å². The van der Waals surface area contributed by atoms with E-state index in [1.807, 2.05) is 30.5 Å². The van der Waals surface area contributed by atoms with Gasteiger partial charge in [0.2, 0.25) is 0 Å². The Morgan fingerprint density at radius 3 is 2.91 bits per heavy atom. The summed E-state index contributed by atoms with van der Waals surface area (Å²) in [5.74, 6) is 1.69. The van der Waals surface area contributed by atoms with E-state index in [9.17, 15) is 0 Å². The molecule has 0 bridgehead atoms. The summed E-state index contributed by atoms with van der Waals surface area (Å²) in [5, 5.41) is 0. The Morgan fingerprint density at radius 2 is 2.18 bits per heavy atom. The molecule has 4 rings (SSSR count). The number of hydrogen-bond donors (Lipinski definition) is 0. The monoisotopic (exact) mass is 296 g/mol. The summed E-state index contributed by atoms with van der Waals surface area (Å²) in [6, 6.07) is 8.78. The molecule has 0 N–H and O–H groups in total. The Bertz CT molecular complexity index is 775. The van der Waals surface area contributed by atoms with Crippen molar-refractivity contribution < 1.29 is 4.42 Å². The zero-order valence-electron chi connectivity index (χ0n) is 12.9. The van der Waals surface area contributed by atoms with E-state index < -0.39 is 0 Å². The molecule has 5 heteroatoms. The molecule has 0 spiro atoms. The summed E-state index contributed by atoms with van der Waals surface area (Å²) in [5.41, 5.74) is 1.88. The molecule has 1 aliphatic rings. The molecule has 0 saturated carbocycles. The number of fused-ring (bicyclic) bond motifs is 1. The van der Waals surface area contributed by atoms with Gasteiger partial charge < -0.3 is 8.98 Å². The molecule has 0 radical (unpaired) electrons. The molecule has 0 aliphatic carbocycles. The van der Waals surface area contributed by atoms with Crippen molar-refractivity contribution in [2.24, 2.45) is 0 Å². The first kappa shape index (κ1) is 13.5. The maximum atomic E-state index is 5.60. The van der Waals surface area contributed by atoms with Gasteiger partial charge in [-0.05, 0) is 44.5 Å². The van der Waals surface area contributed by atoms with Crippen LogP contribution < -0.4 is 0 Å². The molecule has 1 fully saturated rings. The summed E-state index contributed by atoms with van der Waals surface area (Å²) in [6.07, 6.45) is 4.65. The first-order valence-corrected chi connectivity index (χ1v) is 7.85. The first-order valence-electron chi connectivity index (χ1n) is 7.85. The number of nitrogens with zero attached hydrogens (tertiary/aromatic N) is 4. The van der Waals surface area contributed by atoms with Crippen molar-refractivity contribution in [1.29, 1.82) is 0 Å². The van der Waals surface area contributed by atoms with Crippen LogP contribution >= 0.6 is 0 Å². The number of hydrogen-bond acceptors (Lipinski definition) is 4. The highest BCUT2D eigenvalue weighted by molar-refractivity contribution is 5.76. The van der Waals surface area contributed by atoms with Crippen molar-refractivity contribution >= 4 is 11.2 Å². The van der Waals surface area contributed by atoms with Gasteiger partial charge in [-0.3, -0.25) is 4.90 Å². The highest BCUT2D eigenvalue weighted by Crippen LogP contribution is 2.32. The summed E-state index contributed by atoms with van der Waals surface area (Å²) in [7, 11) is 0. The molecule has 114 valence electrons. The summed E-state index contributed by atoms with van der Waals surface area (Å²) < 4.78 is 7.86. The second-order valence-electron chi connectivity index (χ2n) is 6.16. The number of likely N-dealkylation sites (tertiary alicyclic amines) is 1. The topological polar surface area (TPSA) is 47.1 Å². The molecule has 3 aromatic rings. The summed E-state index contributed by atoms with van der Waals surface area (Å²) in [4.78, 5) is 11.8. The van der Waals surface area contributed by atoms with Crippen molar-refractivity contribution in [3.63, 3.8) is 0 Å². The predicted molar refractivity (Wildman–Crippen MR) is 85.6 cm³/mol. The van der Waals surface area contributed by atoms with Crippen LogP contribution in [0.5, 0.6) is 0 Å². The van der Waals surface area contributed by atoms with E-state index in [1.54, 1.807) is 6.26 Å². The number of rotatable bonds is 3. The molecule has 0 aromatic carbocycles. The van der Waals surface area contributed by atoms with Crippen molar-refractivity contribution in [3.05, 3.63) is 36.7 Å². The molecule has 1 saturated heterocycles. The van der Waals surface area contributed by atoms with E-state index in [1.165, 1.54) is 0 Å². The smallest absolute Gasteiger partial charge is 0.178 e. The lowest BCUT2D eigenvalue weighted by Crippen LogP contribution is -2.28. The molecule has 3 aromatic heterocycles. The average molecular weight is 296 g/mol. The number of pyridine rings is 1. The van der Waals surface area contributed by atoms with E-state index in [2.05, 4.69) is 28.3 Å². The molecule has 1 atom stereocenters. The maximum Gasteiger partial charge on any atom is 0.178 e. The van der Waals surface area contributed by atoms with E-state index in [-0.39, 0.29) is 0 Å². The van der Waals surface area contributed by atoms with Gasteiger partial charge in [-0.1, -0.05) is 0 Å². The molecule has 22 heavy (non-hydrogen) atoms. The van der Waals surface area contributed by atoms with Gasteiger partial charge in [-0.2, -0.15) is 0 Å². The number of furan rings is 1. The van der Waals surface area contributed by atoms with Crippen molar-refractivity contribution in [3.8, 4) is 11.6 Å². The van der Waals surface area contributed by atoms with Gasteiger partial charge in [0.25, 0.3) is 0 Å². The van der Waals surface area contributed by atoms with E-state index >= 15 is 0 Å². The summed E-state index contributed by atoms with van der Waals surface area (Å²) >= 11 is 0. The lowest BCUT2D eigenvalue weighted by atomic mass is 10.2. The Morgan fingerprint density at radius 1 is 1.27 bits per heavy atom. The molecular formula is C17H20N4O. The fourth-order valence-corrected chi connectivity index (χ4v) is 3.30. The van der Waals surface area contributed by atoms with Gasteiger partial charge in [0.05, 0.1) is 12.3 Å². The van der Waals surface area contributed by atoms with Crippen LogP contribution in [0.15, 0.2) is 41.1 Å². The molecule has 4 heterocycles. The van der Waals surface area contributed by atoms with E-state index in [0.29, 0.717) is 12.1 Å². The minimum atomic E-state index is 0.391. The predicted octanol–water partition coefficient (Wildman–Crippen LogP) is 3.35. The van der Waals surface area contributed by atoms with Crippen LogP contribution in [-0.4, -0.2) is 38.6 Å². The third-order valence-corrected chi connectivity index (χ3v) is 4.48. The zero-order valence-corrected chi connectivity index (χ0v) is 12.9. The van der Waals surface area contributed by atoms with Gasteiger partial charge in [-0.25, -0.2) is 9.97 Å². The van der Waals surface area contributed by atoms with Crippen molar-refractivity contribution in [1.82, 2.24) is 19.4 Å². The van der Waals surface area contributed by atoms with Crippen molar-refractivity contribution in [2.75, 3.05) is 13.1 Å². The second-order valence-corrected chi connectivity index (χ2v) is 6.16. The van der Waals surface area contributed by atoms with Gasteiger partial charge in [0, 0.05) is 25.3 Å². The molecule has 1 unspecified atom stereocenters. The van der Waals surface area contributed by atoms with Crippen LogP contribution in [0.4, 0.5) is 0 Å². The highest BCUT2D eigenvalue weighted by Gasteiger charge is 2.29. The Labute approximate surface area is 129 Å². The molecular weight excluding hydrogens is 276 g/mol. The van der Waals surface area contributed by atoms with Gasteiger partial charge >= 0.3 is 0 Å². The van der Waals surface area contributed by atoms with Crippen molar-refractivity contribution in [2.45, 2.75) is 32.4 Å². The SMILES string of the molecule is CC(C)N1CCC(n2c(-c3ccco3)nc3cccnc32)C1. The Balaban J connectivity index is 1.83. The largest absolute Gasteiger partial charge is 0.461 e.